The Morgan fingerprint density at radius 3 is 2.61 bits per heavy atom. The number of ketones is 1. The lowest BCUT2D eigenvalue weighted by molar-refractivity contribution is -0.129. The van der Waals surface area contributed by atoms with E-state index in [-0.39, 0.29) is 30.3 Å². The van der Waals surface area contributed by atoms with E-state index in [0.717, 1.165) is 45.3 Å². The average Bonchev–Trinajstić information content (AvgIpc) is 2.55. The van der Waals surface area contributed by atoms with Gasteiger partial charge in [0.2, 0.25) is 5.91 Å². The molecule has 1 N–H and O–H groups in total. The fourth-order valence-electron chi connectivity index (χ4n) is 2.46. The minimum absolute atomic E-state index is 0.00576. The van der Waals surface area contributed by atoms with Crippen molar-refractivity contribution in [3.05, 3.63) is 12.2 Å². The van der Waals surface area contributed by atoms with Crippen LogP contribution in [0.5, 0.6) is 0 Å². The zero-order valence-corrected chi connectivity index (χ0v) is 14.8. The van der Waals surface area contributed by atoms with Gasteiger partial charge in [-0.05, 0) is 38.3 Å². The minimum atomic E-state index is -0.00576. The number of allylic oxidation sites excluding steroid dienone is 1. The summed E-state index contributed by atoms with van der Waals surface area (Å²) >= 11 is 0. The van der Waals surface area contributed by atoms with Crippen molar-refractivity contribution in [1.29, 1.82) is 0 Å². The van der Waals surface area contributed by atoms with E-state index < -0.39 is 0 Å². The van der Waals surface area contributed by atoms with Crippen LogP contribution in [0.3, 0.4) is 0 Å². The van der Waals surface area contributed by atoms with E-state index in [2.05, 4.69) is 10.2 Å². The SMILES string of the molecule is CC/C=C/C(=O)NCCCN1CCC(OCC(=O)C(C)C)CC1. The second-order valence-corrected chi connectivity index (χ2v) is 6.43. The Labute approximate surface area is 140 Å². The lowest BCUT2D eigenvalue weighted by atomic mass is 10.1. The van der Waals surface area contributed by atoms with E-state index >= 15 is 0 Å². The van der Waals surface area contributed by atoms with Gasteiger partial charge in [-0.15, -0.1) is 0 Å². The van der Waals surface area contributed by atoms with E-state index in [4.69, 9.17) is 4.74 Å². The first-order valence-corrected chi connectivity index (χ1v) is 8.84. The van der Waals surface area contributed by atoms with Crippen molar-refractivity contribution >= 4 is 11.7 Å². The molecule has 23 heavy (non-hydrogen) atoms. The molecule has 132 valence electrons. The van der Waals surface area contributed by atoms with Crippen LogP contribution in [-0.2, 0) is 14.3 Å². The molecule has 0 radical (unpaired) electrons. The fourth-order valence-corrected chi connectivity index (χ4v) is 2.46. The first-order valence-electron chi connectivity index (χ1n) is 8.84. The summed E-state index contributed by atoms with van der Waals surface area (Å²) in [6, 6.07) is 0. The van der Waals surface area contributed by atoms with Crippen LogP contribution in [0.15, 0.2) is 12.2 Å². The van der Waals surface area contributed by atoms with Crippen LogP contribution >= 0.6 is 0 Å². The van der Waals surface area contributed by atoms with E-state index in [1.807, 2.05) is 26.8 Å². The molecule has 0 bridgehead atoms. The molecule has 1 amide bonds. The number of carbonyl (C=O) groups is 2. The van der Waals surface area contributed by atoms with Gasteiger partial charge in [0.15, 0.2) is 5.78 Å². The Morgan fingerprint density at radius 1 is 1.30 bits per heavy atom. The van der Waals surface area contributed by atoms with Crippen LogP contribution in [0, 0.1) is 5.92 Å². The van der Waals surface area contributed by atoms with Crippen molar-refractivity contribution in [2.45, 2.75) is 52.6 Å². The number of amides is 1. The van der Waals surface area contributed by atoms with Gasteiger partial charge in [0, 0.05) is 25.6 Å². The summed E-state index contributed by atoms with van der Waals surface area (Å²) in [5, 5.41) is 2.89. The molecule has 0 aromatic rings. The Morgan fingerprint density at radius 2 is 2.00 bits per heavy atom. The molecule has 5 nitrogen and oxygen atoms in total. The van der Waals surface area contributed by atoms with Gasteiger partial charge in [-0.3, -0.25) is 9.59 Å². The maximum Gasteiger partial charge on any atom is 0.243 e. The normalized spacial score (nSPS) is 17.0. The van der Waals surface area contributed by atoms with Gasteiger partial charge in [-0.25, -0.2) is 0 Å². The highest BCUT2D eigenvalue weighted by atomic mass is 16.5. The zero-order chi connectivity index (χ0) is 17.1. The molecule has 0 spiro atoms. The Bertz CT molecular complexity index is 386. The number of likely N-dealkylation sites (tertiary alicyclic amines) is 1. The lowest BCUT2D eigenvalue weighted by Gasteiger charge is -2.31. The van der Waals surface area contributed by atoms with Crippen molar-refractivity contribution in [1.82, 2.24) is 10.2 Å². The molecular weight excluding hydrogens is 292 g/mol. The summed E-state index contributed by atoms with van der Waals surface area (Å²) in [7, 11) is 0. The first-order chi connectivity index (χ1) is 11.0. The number of nitrogens with zero attached hydrogens (tertiary/aromatic N) is 1. The molecule has 0 aromatic heterocycles. The number of carbonyl (C=O) groups excluding carboxylic acids is 2. The van der Waals surface area contributed by atoms with Gasteiger partial charge in [-0.2, -0.15) is 0 Å². The molecule has 0 aliphatic carbocycles. The van der Waals surface area contributed by atoms with Gasteiger partial charge in [0.05, 0.1) is 6.10 Å². The number of hydrogen-bond acceptors (Lipinski definition) is 4. The molecule has 0 saturated carbocycles. The predicted molar refractivity (Wildman–Crippen MR) is 92.3 cm³/mol. The highest BCUT2D eigenvalue weighted by Gasteiger charge is 2.20. The number of hydrogen-bond donors (Lipinski definition) is 1. The maximum absolute atomic E-state index is 11.6. The molecule has 0 atom stereocenters. The fraction of sp³-hybridized carbons (Fsp3) is 0.778. The lowest BCUT2D eigenvalue weighted by Crippen LogP contribution is -2.39. The molecule has 1 heterocycles. The van der Waals surface area contributed by atoms with Crippen LogP contribution < -0.4 is 5.32 Å². The summed E-state index contributed by atoms with van der Waals surface area (Å²) in [5.41, 5.74) is 0. The van der Waals surface area contributed by atoms with Crippen molar-refractivity contribution in [2.75, 3.05) is 32.8 Å². The number of piperidine rings is 1. The highest BCUT2D eigenvalue weighted by molar-refractivity contribution is 5.87. The van der Waals surface area contributed by atoms with Crippen molar-refractivity contribution in [3.63, 3.8) is 0 Å². The molecule has 1 aliphatic heterocycles. The van der Waals surface area contributed by atoms with Gasteiger partial charge in [0.25, 0.3) is 0 Å². The highest BCUT2D eigenvalue weighted by Crippen LogP contribution is 2.14. The quantitative estimate of drug-likeness (QED) is 0.494. The summed E-state index contributed by atoms with van der Waals surface area (Å²) < 4.78 is 5.71. The molecule has 0 aromatic carbocycles. The van der Waals surface area contributed by atoms with Gasteiger partial charge in [-0.1, -0.05) is 26.8 Å². The molecular formula is C18H32N2O3. The van der Waals surface area contributed by atoms with Gasteiger partial charge < -0.3 is 15.0 Å². The minimum Gasteiger partial charge on any atom is -0.370 e. The van der Waals surface area contributed by atoms with E-state index in [0.29, 0.717) is 6.54 Å². The second kappa shape index (κ2) is 11.4. The second-order valence-electron chi connectivity index (χ2n) is 6.43. The third kappa shape index (κ3) is 8.86. The van der Waals surface area contributed by atoms with Crippen molar-refractivity contribution < 1.29 is 14.3 Å². The first kappa shape index (κ1) is 19.8. The smallest absolute Gasteiger partial charge is 0.243 e. The Balaban J connectivity index is 2.07. The van der Waals surface area contributed by atoms with Crippen LogP contribution in [-0.4, -0.2) is 55.5 Å². The monoisotopic (exact) mass is 324 g/mol. The van der Waals surface area contributed by atoms with Crippen LogP contribution in [0.4, 0.5) is 0 Å². The van der Waals surface area contributed by atoms with Crippen LogP contribution in [0.1, 0.15) is 46.5 Å². The third-order valence-corrected chi connectivity index (χ3v) is 4.10. The number of Topliss-reactive ketones (excluding diaryl/α,β-unsaturated/α-hetero) is 1. The molecule has 1 aliphatic rings. The van der Waals surface area contributed by atoms with E-state index in [1.54, 1.807) is 6.08 Å². The summed E-state index contributed by atoms with van der Waals surface area (Å²) in [5.74, 6) is 0.228. The molecule has 5 heteroatoms. The van der Waals surface area contributed by atoms with Crippen molar-refractivity contribution in [2.24, 2.45) is 5.92 Å². The number of ether oxygens (including phenoxy) is 1. The maximum atomic E-state index is 11.6. The largest absolute Gasteiger partial charge is 0.370 e. The zero-order valence-electron chi connectivity index (χ0n) is 14.8. The summed E-state index contributed by atoms with van der Waals surface area (Å²) in [4.78, 5) is 25.4. The molecule has 1 rings (SSSR count). The average molecular weight is 324 g/mol. The van der Waals surface area contributed by atoms with Crippen molar-refractivity contribution in [3.8, 4) is 0 Å². The number of rotatable bonds is 10. The van der Waals surface area contributed by atoms with E-state index in [1.165, 1.54) is 0 Å². The van der Waals surface area contributed by atoms with Crippen LogP contribution in [0.2, 0.25) is 0 Å². The number of nitrogens with one attached hydrogen (secondary N) is 1. The molecule has 0 unspecified atom stereocenters. The Kier molecular flexibility index (Phi) is 9.80. The standard InChI is InChI=1S/C18H32N2O3/c1-4-5-7-18(22)19-10-6-11-20-12-8-16(9-13-20)23-14-17(21)15(2)3/h5,7,15-16H,4,6,8-14H2,1-3H3,(H,19,22)/b7-5+. The topological polar surface area (TPSA) is 58.6 Å². The van der Waals surface area contributed by atoms with Gasteiger partial charge >= 0.3 is 0 Å². The third-order valence-electron chi connectivity index (χ3n) is 4.10. The van der Waals surface area contributed by atoms with Gasteiger partial charge in [0.1, 0.15) is 6.61 Å². The summed E-state index contributed by atoms with van der Waals surface area (Å²) in [6.07, 6.45) is 7.49. The molecule has 1 saturated heterocycles. The predicted octanol–water partition coefficient (Wildman–Crippen LogP) is 2.16. The summed E-state index contributed by atoms with van der Waals surface area (Å²) in [6.45, 7) is 9.79. The van der Waals surface area contributed by atoms with Crippen LogP contribution in [0.25, 0.3) is 0 Å². The Hall–Kier alpha value is -1.20. The molecule has 1 fully saturated rings. The van der Waals surface area contributed by atoms with E-state index in [9.17, 15) is 9.59 Å².